The first-order valence-corrected chi connectivity index (χ1v) is 7.64. The second-order valence-electron chi connectivity index (χ2n) is 4.58. The van der Waals surface area contributed by atoms with Crippen LogP contribution in [0.15, 0.2) is 0 Å². The minimum atomic E-state index is -3.15. The molecule has 0 saturated carbocycles. The lowest BCUT2D eigenvalue weighted by Crippen LogP contribution is -2.38. The van der Waals surface area contributed by atoms with Gasteiger partial charge in [0.15, 0.2) is 0 Å². The van der Waals surface area contributed by atoms with Crippen LogP contribution in [-0.4, -0.2) is 62.0 Å². The minimum absolute atomic E-state index is 0. The number of halogens is 1. The van der Waals surface area contributed by atoms with Crippen molar-refractivity contribution in [1.82, 2.24) is 9.21 Å². The van der Waals surface area contributed by atoms with Gasteiger partial charge in [-0.2, -0.15) is 0 Å². The van der Waals surface area contributed by atoms with Crippen LogP contribution in [0.5, 0.6) is 0 Å². The van der Waals surface area contributed by atoms with E-state index < -0.39 is 10.0 Å². The van der Waals surface area contributed by atoms with Crippen LogP contribution in [0.4, 0.5) is 0 Å². The van der Waals surface area contributed by atoms with Crippen molar-refractivity contribution in [2.45, 2.75) is 25.8 Å². The second-order valence-corrected chi connectivity index (χ2v) is 6.56. The summed E-state index contributed by atoms with van der Waals surface area (Å²) in [6, 6.07) is -0.156. The van der Waals surface area contributed by atoms with E-state index in [4.69, 9.17) is 5.73 Å². The zero-order valence-corrected chi connectivity index (χ0v) is 12.5. The summed E-state index contributed by atoms with van der Waals surface area (Å²) in [6.45, 7) is 3.72. The van der Waals surface area contributed by atoms with Crippen molar-refractivity contribution >= 4 is 28.3 Å². The average Bonchev–Trinajstić information content (AvgIpc) is 2.40. The Bertz CT molecular complexity index is 373. The number of nitrogens with two attached hydrogens (primary N) is 1. The first-order chi connectivity index (χ1) is 7.80. The summed E-state index contributed by atoms with van der Waals surface area (Å²) in [6.07, 6.45) is 2.20. The van der Waals surface area contributed by atoms with Gasteiger partial charge < -0.3 is 10.6 Å². The van der Waals surface area contributed by atoms with E-state index in [-0.39, 0.29) is 24.4 Å². The summed E-state index contributed by atoms with van der Waals surface area (Å²) in [5.74, 6) is 0.00958. The molecule has 1 unspecified atom stereocenters. The van der Waals surface area contributed by atoms with E-state index in [9.17, 15) is 13.2 Å². The Morgan fingerprint density at radius 2 is 1.89 bits per heavy atom. The van der Waals surface area contributed by atoms with Crippen molar-refractivity contribution in [3.8, 4) is 0 Å². The van der Waals surface area contributed by atoms with E-state index in [1.165, 1.54) is 10.6 Å². The van der Waals surface area contributed by atoms with Crippen molar-refractivity contribution < 1.29 is 13.2 Å². The molecule has 0 aromatic carbocycles. The van der Waals surface area contributed by atoms with Gasteiger partial charge >= 0.3 is 0 Å². The lowest BCUT2D eigenvalue weighted by Gasteiger charge is -2.21. The van der Waals surface area contributed by atoms with E-state index in [0.29, 0.717) is 39.0 Å². The lowest BCUT2D eigenvalue weighted by atomic mass is 10.2. The average molecular weight is 300 g/mol. The van der Waals surface area contributed by atoms with Gasteiger partial charge in [0.2, 0.25) is 15.9 Å². The maximum atomic E-state index is 11.8. The molecule has 6 nitrogen and oxygen atoms in total. The van der Waals surface area contributed by atoms with Crippen LogP contribution in [0.2, 0.25) is 0 Å². The molecule has 0 aliphatic carbocycles. The largest absolute Gasteiger partial charge is 0.341 e. The van der Waals surface area contributed by atoms with Crippen LogP contribution in [0.3, 0.4) is 0 Å². The summed E-state index contributed by atoms with van der Waals surface area (Å²) in [5.41, 5.74) is 5.58. The fourth-order valence-corrected chi connectivity index (χ4v) is 2.75. The molecular weight excluding hydrogens is 278 g/mol. The van der Waals surface area contributed by atoms with E-state index in [1.54, 1.807) is 11.8 Å². The SMILES string of the molecule is CC(N)CC(=O)N1CCCN(S(C)(=O)=O)CC1.Cl. The molecule has 1 aliphatic heterocycles. The minimum Gasteiger partial charge on any atom is -0.341 e. The Labute approximate surface area is 115 Å². The third kappa shape index (κ3) is 5.51. The second kappa shape index (κ2) is 7.28. The highest BCUT2D eigenvalue weighted by atomic mass is 35.5. The monoisotopic (exact) mass is 299 g/mol. The number of sulfonamides is 1. The van der Waals surface area contributed by atoms with Gasteiger partial charge in [-0.1, -0.05) is 0 Å². The number of carbonyl (C=O) groups excluding carboxylic acids is 1. The Hall–Kier alpha value is -0.370. The molecule has 1 atom stereocenters. The summed E-state index contributed by atoms with van der Waals surface area (Å²) >= 11 is 0. The number of hydrogen-bond donors (Lipinski definition) is 1. The van der Waals surface area contributed by atoms with Crippen LogP contribution >= 0.6 is 12.4 Å². The molecule has 1 saturated heterocycles. The van der Waals surface area contributed by atoms with Crippen molar-refractivity contribution in [2.24, 2.45) is 5.73 Å². The normalized spacial score (nSPS) is 19.8. The number of amides is 1. The molecule has 1 aliphatic rings. The number of nitrogens with zero attached hydrogens (tertiary/aromatic N) is 2. The predicted octanol–water partition coefficient (Wildman–Crippen LogP) is -0.361. The molecule has 2 N–H and O–H groups in total. The van der Waals surface area contributed by atoms with Gasteiger partial charge in [0, 0.05) is 38.6 Å². The number of carbonyl (C=O) groups is 1. The van der Waals surface area contributed by atoms with Crippen LogP contribution < -0.4 is 5.73 Å². The molecule has 0 bridgehead atoms. The smallest absolute Gasteiger partial charge is 0.224 e. The first kappa shape index (κ1) is 17.6. The molecule has 1 fully saturated rings. The molecule has 108 valence electrons. The van der Waals surface area contributed by atoms with E-state index in [2.05, 4.69) is 0 Å². The Balaban J connectivity index is 0.00000289. The van der Waals surface area contributed by atoms with Crippen LogP contribution in [0, 0.1) is 0 Å². The Kier molecular flexibility index (Phi) is 7.13. The topological polar surface area (TPSA) is 83.7 Å². The van der Waals surface area contributed by atoms with E-state index >= 15 is 0 Å². The first-order valence-electron chi connectivity index (χ1n) is 5.79. The van der Waals surface area contributed by atoms with Gasteiger partial charge in [-0.05, 0) is 13.3 Å². The molecule has 0 aromatic heterocycles. The van der Waals surface area contributed by atoms with Gasteiger partial charge in [-0.25, -0.2) is 12.7 Å². The molecule has 8 heteroatoms. The maximum Gasteiger partial charge on any atom is 0.224 e. The van der Waals surface area contributed by atoms with Crippen molar-refractivity contribution in [2.75, 3.05) is 32.4 Å². The predicted molar refractivity (Wildman–Crippen MR) is 73.1 cm³/mol. The Morgan fingerprint density at radius 3 is 2.39 bits per heavy atom. The van der Waals surface area contributed by atoms with Gasteiger partial charge in [0.05, 0.1) is 6.26 Å². The molecule has 1 rings (SSSR count). The summed E-state index contributed by atoms with van der Waals surface area (Å²) in [4.78, 5) is 13.5. The van der Waals surface area contributed by atoms with Gasteiger partial charge in [0.1, 0.15) is 0 Å². The molecule has 1 heterocycles. The maximum absolute atomic E-state index is 11.8. The lowest BCUT2D eigenvalue weighted by molar-refractivity contribution is -0.131. The van der Waals surface area contributed by atoms with Crippen LogP contribution in [0.1, 0.15) is 19.8 Å². The molecule has 0 spiro atoms. The van der Waals surface area contributed by atoms with Crippen LogP contribution in [-0.2, 0) is 14.8 Å². The van der Waals surface area contributed by atoms with Crippen molar-refractivity contribution in [3.63, 3.8) is 0 Å². The quantitative estimate of drug-likeness (QED) is 0.771. The summed E-state index contributed by atoms with van der Waals surface area (Å²) < 4.78 is 24.2. The van der Waals surface area contributed by atoms with Gasteiger partial charge in [-0.3, -0.25) is 4.79 Å². The van der Waals surface area contributed by atoms with Crippen molar-refractivity contribution in [1.29, 1.82) is 0 Å². The zero-order chi connectivity index (χ0) is 13.1. The molecule has 18 heavy (non-hydrogen) atoms. The Morgan fingerprint density at radius 1 is 1.28 bits per heavy atom. The number of hydrogen-bond acceptors (Lipinski definition) is 4. The standard InChI is InChI=1S/C10H21N3O3S.ClH/c1-9(11)8-10(14)12-4-3-5-13(7-6-12)17(2,15)16;/h9H,3-8,11H2,1-2H3;1H. The molecule has 1 amide bonds. The third-order valence-corrected chi connectivity index (χ3v) is 4.08. The number of rotatable bonds is 3. The highest BCUT2D eigenvalue weighted by Gasteiger charge is 2.23. The van der Waals surface area contributed by atoms with E-state index in [0.717, 1.165) is 0 Å². The van der Waals surface area contributed by atoms with Gasteiger partial charge in [-0.15, -0.1) is 12.4 Å². The van der Waals surface area contributed by atoms with E-state index in [1.807, 2.05) is 0 Å². The van der Waals surface area contributed by atoms with Crippen molar-refractivity contribution in [3.05, 3.63) is 0 Å². The van der Waals surface area contributed by atoms with Crippen LogP contribution in [0.25, 0.3) is 0 Å². The molecule has 0 aromatic rings. The van der Waals surface area contributed by atoms with Gasteiger partial charge in [0.25, 0.3) is 0 Å². The fraction of sp³-hybridized carbons (Fsp3) is 0.900. The fourth-order valence-electron chi connectivity index (χ4n) is 1.88. The highest BCUT2D eigenvalue weighted by Crippen LogP contribution is 2.08. The molecule has 0 radical (unpaired) electrons. The molecular formula is C10H22ClN3O3S. The third-order valence-electron chi connectivity index (χ3n) is 2.77. The zero-order valence-electron chi connectivity index (χ0n) is 10.8. The highest BCUT2D eigenvalue weighted by molar-refractivity contribution is 7.88. The summed E-state index contributed by atoms with van der Waals surface area (Å²) in [5, 5.41) is 0. The summed E-state index contributed by atoms with van der Waals surface area (Å²) in [7, 11) is -3.15.